The van der Waals surface area contributed by atoms with Gasteiger partial charge in [0.15, 0.2) is 13.0 Å². The maximum atomic E-state index is 11.7. The van der Waals surface area contributed by atoms with Crippen molar-refractivity contribution in [3.63, 3.8) is 0 Å². The van der Waals surface area contributed by atoms with Crippen LogP contribution in [0.2, 0.25) is 0 Å². The number of nitrogens with zero attached hydrogens (tertiary/aromatic N) is 2. The van der Waals surface area contributed by atoms with Gasteiger partial charge in [-0.15, -0.1) is 11.8 Å². The quantitative estimate of drug-likeness (QED) is 0.563. The van der Waals surface area contributed by atoms with Crippen LogP contribution < -0.4 is 9.79 Å². The smallest absolute Gasteiger partial charge is 0.300 e. The summed E-state index contributed by atoms with van der Waals surface area (Å²) < 4.78 is 10.7. The standard InChI is InChI=1S/C10H10N2O4S/c1-12-9(10(14)16-11-12)8(13)6-17-5-7-3-2-4-15-7/h2-4H,5-6H2,1H3. The molecule has 17 heavy (non-hydrogen) atoms. The molecule has 7 heteroatoms. The first kappa shape index (κ1) is 11.7. The minimum atomic E-state index is -0.698. The lowest BCUT2D eigenvalue weighted by molar-refractivity contribution is -0.741. The number of thioether (sulfide) groups is 1. The fourth-order valence-electron chi connectivity index (χ4n) is 1.32. The monoisotopic (exact) mass is 254 g/mol. The van der Waals surface area contributed by atoms with E-state index in [-0.39, 0.29) is 17.2 Å². The molecular formula is C10H10N2O4S. The summed E-state index contributed by atoms with van der Waals surface area (Å²) in [5, 5.41) is 14.6. The highest BCUT2D eigenvalue weighted by Crippen LogP contribution is 2.15. The van der Waals surface area contributed by atoms with Crippen molar-refractivity contribution in [1.82, 2.24) is 5.27 Å². The van der Waals surface area contributed by atoms with Crippen molar-refractivity contribution in [3.05, 3.63) is 29.9 Å². The van der Waals surface area contributed by atoms with Gasteiger partial charge in [0.1, 0.15) is 5.76 Å². The van der Waals surface area contributed by atoms with Crippen LogP contribution in [0, 0.1) is 0 Å². The summed E-state index contributed by atoms with van der Waals surface area (Å²) >= 11 is 1.37. The zero-order chi connectivity index (χ0) is 12.3. The number of rotatable bonds is 5. The van der Waals surface area contributed by atoms with Crippen molar-refractivity contribution in [3.8, 4) is 5.95 Å². The summed E-state index contributed by atoms with van der Waals surface area (Å²) in [4.78, 5) is 11.7. The number of hydrogen-bond acceptors (Lipinski definition) is 6. The van der Waals surface area contributed by atoms with E-state index in [0.717, 1.165) is 10.4 Å². The van der Waals surface area contributed by atoms with Gasteiger partial charge in [0.2, 0.25) is 5.78 Å². The van der Waals surface area contributed by atoms with E-state index >= 15 is 0 Å². The van der Waals surface area contributed by atoms with E-state index < -0.39 is 5.95 Å². The van der Waals surface area contributed by atoms with Gasteiger partial charge in [-0.2, -0.15) is 0 Å². The van der Waals surface area contributed by atoms with Gasteiger partial charge in [0.25, 0.3) is 5.69 Å². The molecule has 6 nitrogen and oxygen atoms in total. The molecule has 2 aromatic rings. The van der Waals surface area contributed by atoms with Crippen molar-refractivity contribution in [2.75, 3.05) is 5.75 Å². The average molecular weight is 254 g/mol. The summed E-state index contributed by atoms with van der Waals surface area (Å²) in [6, 6.07) is 3.61. The van der Waals surface area contributed by atoms with Gasteiger partial charge in [-0.25, -0.2) is 0 Å². The number of aromatic nitrogens is 2. The number of carbonyl (C=O) groups is 1. The topological polar surface area (TPSA) is 83.2 Å². The highest BCUT2D eigenvalue weighted by molar-refractivity contribution is 7.99. The molecule has 0 radical (unpaired) electrons. The fourth-order valence-corrected chi connectivity index (χ4v) is 2.11. The summed E-state index contributed by atoms with van der Waals surface area (Å²) in [5.41, 5.74) is -0.0306. The van der Waals surface area contributed by atoms with Crippen molar-refractivity contribution >= 4 is 17.5 Å². The molecular weight excluding hydrogens is 244 g/mol. The van der Waals surface area contributed by atoms with Gasteiger partial charge in [0, 0.05) is 0 Å². The van der Waals surface area contributed by atoms with Gasteiger partial charge >= 0.3 is 0 Å². The Labute approximate surface area is 101 Å². The lowest BCUT2D eigenvalue weighted by atomic mass is 10.3. The number of Topliss-reactive ketones (excluding diaryl/α,β-unsaturated/α-hetero) is 1. The Bertz CT molecular complexity index is 487. The van der Waals surface area contributed by atoms with E-state index in [1.807, 2.05) is 6.07 Å². The molecule has 90 valence electrons. The van der Waals surface area contributed by atoms with Gasteiger partial charge in [-0.3, -0.25) is 4.79 Å². The third-order valence-electron chi connectivity index (χ3n) is 2.08. The second kappa shape index (κ2) is 5.05. The molecule has 0 aliphatic carbocycles. The van der Waals surface area contributed by atoms with Gasteiger partial charge < -0.3 is 14.0 Å². The Morgan fingerprint density at radius 3 is 3.06 bits per heavy atom. The minimum Gasteiger partial charge on any atom is -0.539 e. The van der Waals surface area contributed by atoms with Crippen molar-refractivity contribution in [2.24, 2.45) is 7.05 Å². The maximum Gasteiger partial charge on any atom is 0.300 e. The highest BCUT2D eigenvalue weighted by atomic mass is 32.2. The number of ketones is 1. The maximum absolute atomic E-state index is 11.7. The summed E-state index contributed by atoms with van der Waals surface area (Å²) in [5.74, 6) is 0.568. The molecule has 0 saturated carbocycles. The fraction of sp³-hybridized carbons (Fsp3) is 0.300. The largest absolute Gasteiger partial charge is 0.539 e. The van der Waals surface area contributed by atoms with Crippen LogP contribution in [0.25, 0.3) is 0 Å². The van der Waals surface area contributed by atoms with Crippen LogP contribution in [0.3, 0.4) is 0 Å². The van der Waals surface area contributed by atoms with E-state index in [9.17, 15) is 9.90 Å². The highest BCUT2D eigenvalue weighted by Gasteiger charge is 2.22. The Morgan fingerprint density at radius 2 is 2.47 bits per heavy atom. The molecule has 0 saturated heterocycles. The minimum absolute atomic E-state index is 0.0306. The Hall–Kier alpha value is -1.76. The van der Waals surface area contributed by atoms with Gasteiger partial charge in [-0.1, -0.05) is 4.68 Å². The van der Waals surface area contributed by atoms with Crippen LogP contribution >= 0.6 is 11.8 Å². The molecule has 0 aliphatic rings. The van der Waals surface area contributed by atoms with Gasteiger partial charge in [0.05, 0.1) is 23.0 Å². The lowest BCUT2D eigenvalue weighted by Gasteiger charge is -1.97. The van der Waals surface area contributed by atoms with E-state index in [1.165, 1.54) is 18.8 Å². The van der Waals surface area contributed by atoms with Crippen molar-refractivity contribution in [2.45, 2.75) is 5.75 Å². The van der Waals surface area contributed by atoms with E-state index in [2.05, 4.69) is 9.79 Å². The molecule has 2 aromatic heterocycles. The van der Waals surface area contributed by atoms with E-state index in [1.54, 1.807) is 12.3 Å². The summed E-state index contributed by atoms with van der Waals surface area (Å²) in [7, 11) is 1.50. The molecule has 0 aliphatic heterocycles. The second-order valence-corrected chi connectivity index (χ2v) is 4.31. The molecule has 0 atom stereocenters. The Kier molecular flexibility index (Phi) is 3.48. The van der Waals surface area contributed by atoms with Crippen molar-refractivity contribution in [1.29, 1.82) is 0 Å². The first-order valence-corrected chi connectivity index (χ1v) is 6.00. The molecule has 0 fully saturated rings. The van der Waals surface area contributed by atoms with Crippen molar-refractivity contribution < 1.29 is 23.5 Å². The first-order valence-electron chi connectivity index (χ1n) is 4.85. The Morgan fingerprint density at radius 1 is 1.65 bits per heavy atom. The predicted octanol–water partition coefficient (Wildman–Crippen LogP) is 0.282. The number of furan rings is 1. The van der Waals surface area contributed by atoms with Gasteiger partial charge in [-0.05, 0) is 12.1 Å². The molecule has 0 amide bonds. The third-order valence-corrected chi connectivity index (χ3v) is 3.04. The molecule has 2 heterocycles. The second-order valence-electron chi connectivity index (χ2n) is 3.33. The third kappa shape index (κ3) is 2.68. The van der Waals surface area contributed by atoms with E-state index in [4.69, 9.17) is 4.42 Å². The number of carbonyl (C=O) groups excluding carboxylic acids is 1. The first-order chi connectivity index (χ1) is 8.18. The van der Waals surface area contributed by atoms with Crippen LogP contribution in [0.4, 0.5) is 0 Å². The SMILES string of the molecule is C[n+]1noc([O-])c1C(=O)CSCc1ccco1. The predicted molar refractivity (Wildman–Crippen MR) is 56.3 cm³/mol. The summed E-state index contributed by atoms with van der Waals surface area (Å²) in [6.45, 7) is 0. The molecule has 0 aromatic carbocycles. The lowest BCUT2D eigenvalue weighted by Crippen LogP contribution is -2.37. The normalized spacial score (nSPS) is 10.6. The molecule has 0 bridgehead atoms. The molecule has 0 spiro atoms. The van der Waals surface area contributed by atoms with Crippen LogP contribution in [-0.4, -0.2) is 16.8 Å². The van der Waals surface area contributed by atoms with E-state index in [0.29, 0.717) is 5.75 Å². The molecule has 2 rings (SSSR count). The molecule has 0 N–H and O–H groups in total. The zero-order valence-electron chi connectivity index (χ0n) is 9.08. The van der Waals surface area contributed by atoms with Crippen LogP contribution in [0.5, 0.6) is 5.95 Å². The number of aryl methyl sites for hydroxylation is 1. The van der Waals surface area contributed by atoms with Crippen LogP contribution in [0.15, 0.2) is 27.3 Å². The Balaban J connectivity index is 1.90. The number of hydrogen-bond donors (Lipinski definition) is 0. The van der Waals surface area contributed by atoms with Crippen LogP contribution in [-0.2, 0) is 12.8 Å². The zero-order valence-corrected chi connectivity index (χ0v) is 9.90. The average Bonchev–Trinajstić information content (AvgIpc) is 2.89. The molecule has 0 unspecified atom stereocenters. The summed E-state index contributed by atoms with van der Waals surface area (Å²) in [6.07, 6.45) is 1.58. The van der Waals surface area contributed by atoms with Crippen LogP contribution in [0.1, 0.15) is 16.2 Å².